The van der Waals surface area contributed by atoms with Gasteiger partial charge >= 0.3 is 11.9 Å². The van der Waals surface area contributed by atoms with Crippen molar-refractivity contribution in [2.45, 2.75) is 160 Å². The molecule has 0 atom stereocenters. The Bertz CT molecular complexity index is 1110. The van der Waals surface area contributed by atoms with E-state index in [1.807, 2.05) is 0 Å². The molecule has 0 saturated heterocycles. The minimum absolute atomic E-state index is 0.0899. The number of carbonyl (C=O) groups excluding carboxylic acids is 2. The fourth-order valence-corrected chi connectivity index (χ4v) is 5.69. The lowest BCUT2D eigenvalue weighted by Gasteiger charge is -2.11. The summed E-state index contributed by atoms with van der Waals surface area (Å²) in [4.78, 5) is 25.1. The van der Waals surface area contributed by atoms with E-state index in [-0.39, 0.29) is 24.3 Å². The molecule has 46 heavy (non-hydrogen) atoms. The predicted molar refractivity (Wildman–Crippen MR) is 188 cm³/mol. The summed E-state index contributed by atoms with van der Waals surface area (Å²) in [5, 5.41) is 0. The van der Waals surface area contributed by atoms with Gasteiger partial charge in [0.05, 0.1) is 29.2 Å². The van der Waals surface area contributed by atoms with Gasteiger partial charge in [-0.25, -0.2) is 9.59 Å². The zero-order valence-electron chi connectivity index (χ0n) is 28.8. The molecule has 0 radical (unpaired) electrons. The molecule has 0 aliphatic carbocycles. The van der Waals surface area contributed by atoms with Gasteiger partial charge in [0.25, 0.3) is 10.1 Å². The van der Waals surface area contributed by atoms with Crippen molar-refractivity contribution in [1.82, 2.24) is 0 Å². The van der Waals surface area contributed by atoms with E-state index in [9.17, 15) is 22.6 Å². The van der Waals surface area contributed by atoms with E-state index in [1.54, 1.807) is 0 Å². The molecule has 8 heteroatoms. The maximum Gasteiger partial charge on any atom is 0.339 e. The van der Waals surface area contributed by atoms with E-state index in [1.165, 1.54) is 109 Å². The molecule has 0 fully saturated rings. The number of rotatable bonds is 29. The number of benzene rings is 1. The second-order valence-corrected chi connectivity index (χ2v) is 13.6. The van der Waals surface area contributed by atoms with Crippen LogP contribution in [0.1, 0.15) is 176 Å². The Balaban J connectivity index is 2.39. The SMILES string of the molecule is CCCCCCCCCC/C=C/CCCOC(=O)c1ccc(S(=O)(=O)O)cc1C(=O)OCCC/C=C/CCCCCCCCCC. The third kappa shape index (κ3) is 21.4. The molecule has 1 aromatic carbocycles. The van der Waals surface area contributed by atoms with E-state index in [0.717, 1.165) is 37.8 Å². The average molecular weight is 663 g/mol. The standard InChI is InChI=1S/C38H62O7S/c1-3-5-7-9-11-13-15-17-19-21-23-25-27-31-44-37(39)35-30-29-34(46(41,42)43)33-36(35)38(40)45-32-28-26-24-22-20-18-16-14-12-10-8-6-4-2/h21-24,29-30,33H,3-20,25-28,31-32H2,1-2H3,(H,41,42,43)/b23-21+,24-22+. The van der Waals surface area contributed by atoms with Crippen molar-refractivity contribution >= 4 is 22.1 Å². The molecule has 262 valence electrons. The third-order valence-corrected chi connectivity index (χ3v) is 8.86. The summed E-state index contributed by atoms with van der Waals surface area (Å²) < 4.78 is 43.5. The van der Waals surface area contributed by atoms with Crippen molar-refractivity contribution in [1.29, 1.82) is 0 Å². The zero-order chi connectivity index (χ0) is 33.7. The van der Waals surface area contributed by atoms with Crippen LogP contribution in [0.4, 0.5) is 0 Å². The molecule has 1 aromatic rings. The van der Waals surface area contributed by atoms with E-state index < -0.39 is 27.0 Å². The maximum atomic E-state index is 12.8. The van der Waals surface area contributed by atoms with E-state index in [2.05, 4.69) is 38.2 Å². The van der Waals surface area contributed by atoms with Gasteiger partial charge in [0.1, 0.15) is 0 Å². The molecule has 1 N–H and O–H groups in total. The molecule has 0 aromatic heterocycles. The topological polar surface area (TPSA) is 107 Å². The summed E-state index contributed by atoms with van der Waals surface area (Å²) in [5.74, 6) is -1.56. The van der Waals surface area contributed by atoms with Crippen molar-refractivity contribution in [3.05, 3.63) is 53.6 Å². The molecule has 7 nitrogen and oxygen atoms in total. The highest BCUT2D eigenvalue weighted by Gasteiger charge is 2.23. The van der Waals surface area contributed by atoms with Crippen molar-refractivity contribution in [2.75, 3.05) is 13.2 Å². The van der Waals surface area contributed by atoms with Gasteiger partial charge in [-0.15, -0.1) is 0 Å². The number of allylic oxidation sites excluding steroid dienone is 4. The predicted octanol–water partition coefficient (Wildman–Crippen LogP) is 11.0. The minimum Gasteiger partial charge on any atom is -0.462 e. The van der Waals surface area contributed by atoms with Crippen LogP contribution in [0.15, 0.2) is 47.4 Å². The smallest absolute Gasteiger partial charge is 0.339 e. The Morgan fingerprint density at radius 1 is 0.565 bits per heavy atom. The summed E-state index contributed by atoms with van der Waals surface area (Å²) in [6.45, 7) is 4.76. The Labute approximate surface area is 280 Å². The highest BCUT2D eigenvalue weighted by molar-refractivity contribution is 7.85. The van der Waals surface area contributed by atoms with Crippen LogP contribution < -0.4 is 0 Å². The van der Waals surface area contributed by atoms with E-state index in [0.29, 0.717) is 12.8 Å². The summed E-state index contributed by atoms with van der Waals surface area (Å²) in [7, 11) is -4.57. The number of carbonyl (C=O) groups is 2. The average Bonchev–Trinajstić information content (AvgIpc) is 3.04. The van der Waals surface area contributed by atoms with E-state index in [4.69, 9.17) is 9.47 Å². The fourth-order valence-electron chi connectivity index (χ4n) is 5.18. The van der Waals surface area contributed by atoms with Crippen LogP contribution in [-0.2, 0) is 19.6 Å². The third-order valence-electron chi connectivity index (χ3n) is 8.01. The molecule has 0 aliphatic heterocycles. The molecule has 0 saturated carbocycles. The van der Waals surface area contributed by atoms with Crippen molar-refractivity contribution in [2.24, 2.45) is 0 Å². The van der Waals surface area contributed by atoms with Crippen LogP contribution in [0.25, 0.3) is 0 Å². The molecule has 0 spiro atoms. The second kappa shape index (κ2) is 27.6. The molecule has 0 bridgehead atoms. The summed E-state index contributed by atoms with van der Waals surface area (Å²) >= 11 is 0. The molecule has 0 heterocycles. The Hall–Kier alpha value is -2.45. The summed E-state index contributed by atoms with van der Waals surface area (Å²) in [6.07, 6.45) is 34.1. The molecule has 0 unspecified atom stereocenters. The molecular weight excluding hydrogens is 600 g/mol. The lowest BCUT2D eigenvalue weighted by Crippen LogP contribution is -2.16. The number of esters is 2. The zero-order valence-corrected chi connectivity index (χ0v) is 29.6. The number of ether oxygens (including phenoxy) is 2. The number of hydrogen-bond donors (Lipinski definition) is 1. The van der Waals surface area contributed by atoms with Gasteiger partial charge in [0.2, 0.25) is 0 Å². The maximum absolute atomic E-state index is 12.8. The van der Waals surface area contributed by atoms with Crippen LogP contribution in [0, 0.1) is 0 Å². The minimum atomic E-state index is -4.57. The molecule has 0 aliphatic rings. The molecule has 1 rings (SSSR count). The van der Waals surface area contributed by atoms with Gasteiger partial charge in [-0.2, -0.15) is 8.42 Å². The second-order valence-electron chi connectivity index (χ2n) is 12.2. The first kappa shape index (κ1) is 41.6. The van der Waals surface area contributed by atoms with Gasteiger partial charge in [0.15, 0.2) is 0 Å². The van der Waals surface area contributed by atoms with Gasteiger partial charge in [-0.3, -0.25) is 4.55 Å². The Morgan fingerprint density at radius 2 is 0.935 bits per heavy atom. The Morgan fingerprint density at radius 3 is 1.35 bits per heavy atom. The van der Waals surface area contributed by atoms with Crippen molar-refractivity contribution < 1.29 is 32.0 Å². The summed E-state index contributed by atoms with van der Waals surface area (Å²) in [5.41, 5.74) is -0.330. The monoisotopic (exact) mass is 662 g/mol. The Kier molecular flexibility index (Phi) is 25.0. The number of unbranched alkanes of at least 4 members (excludes halogenated alkanes) is 18. The van der Waals surface area contributed by atoms with Crippen molar-refractivity contribution in [3.63, 3.8) is 0 Å². The van der Waals surface area contributed by atoms with Crippen LogP contribution in [-0.4, -0.2) is 38.1 Å². The van der Waals surface area contributed by atoms with Crippen LogP contribution >= 0.6 is 0 Å². The lowest BCUT2D eigenvalue weighted by atomic mass is 10.1. The van der Waals surface area contributed by atoms with Crippen LogP contribution in [0.5, 0.6) is 0 Å². The number of hydrogen-bond acceptors (Lipinski definition) is 6. The van der Waals surface area contributed by atoms with E-state index >= 15 is 0 Å². The lowest BCUT2D eigenvalue weighted by molar-refractivity contribution is 0.0453. The first-order chi connectivity index (χ1) is 22.3. The molecule has 0 amide bonds. The van der Waals surface area contributed by atoms with Crippen LogP contribution in [0.3, 0.4) is 0 Å². The van der Waals surface area contributed by atoms with Gasteiger partial charge in [-0.05, 0) is 69.6 Å². The summed E-state index contributed by atoms with van der Waals surface area (Å²) in [6, 6.07) is 3.22. The largest absolute Gasteiger partial charge is 0.462 e. The highest BCUT2D eigenvalue weighted by atomic mass is 32.2. The van der Waals surface area contributed by atoms with Crippen LogP contribution in [0.2, 0.25) is 0 Å². The first-order valence-electron chi connectivity index (χ1n) is 18.1. The van der Waals surface area contributed by atoms with Crippen molar-refractivity contribution in [3.8, 4) is 0 Å². The quantitative estimate of drug-likeness (QED) is 0.0393. The molecular formula is C38H62O7S. The normalized spacial score (nSPS) is 11.9. The van der Waals surface area contributed by atoms with Gasteiger partial charge in [-0.1, -0.05) is 128 Å². The fraction of sp³-hybridized carbons (Fsp3) is 0.684. The van der Waals surface area contributed by atoms with Gasteiger partial charge < -0.3 is 9.47 Å². The van der Waals surface area contributed by atoms with Gasteiger partial charge in [0, 0.05) is 0 Å². The highest BCUT2D eigenvalue weighted by Crippen LogP contribution is 2.19. The first-order valence-corrected chi connectivity index (χ1v) is 19.5.